The average molecular weight is 407 g/mol. The standard InChI is InChI=1S/C21H17N3O4S/c1-14-10-19(24-28-14)23-20(25)12-27-21(26)17-4-2-3-5-18(17)29-13-16-8-6-15(11-22)7-9-16/h2-10H,12-13H2,1H3,(H,23,24,25). The van der Waals surface area contributed by atoms with Gasteiger partial charge in [0.1, 0.15) is 5.76 Å². The fraction of sp³-hybridized carbons (Fsp3) is 0.143. The number of benzene rings is 2. The number of ether oxygens (including phenoxy) is 1. The number of carbonyl (C=O) groups excluding carboxylic acids is 2. The van der Waals surface area contributed by atoms with Gasteiger partial charge in [-0.1, -0.05) is 29.4 Å². The van der Waals surface area contributed by atoms with Crippen LogP contribution in [0, 0.1) is 18.3 Å². The Labute approximate surface area is 171 Å². The highest BCUT2D eigenvalue weighted by Gasteiger charge is 2.15. The zero-order valence-corrected chi connectivity index (χ0v) is 16.4. The molecule has 0 saturated heterocycles. The molecule has 1 aromatic heterocycles. The number of aryl methyl sites for hydroxylation is 1. The fourth-order valence-corrected chi connectivity index (χ4v) is 3.41. The van der Waals surface area contributed by atoms with E-state index in [0.717, 1.165) is 10.5 Å². The minimum atomic E-state index is -0.584. The number of aromatic nitrogens is 1. The molecule has 0 saturated carbocycles. The molecule has 0 atom stereocenters. The molecule has 2 aromatic carbocycles. The minimum Gasteiger partial charge on any atom is -0.452 e. The molecule has 8 heteroatoms. The number of hydrogen-bond acceptors (Lipinski definition) is 7. The summed E-state index contributed by atoms with van der Waals surface area (Å²) < 4.78 is 9.99. The number of esters is 1. The zero-order chi connectivity index (χ0) is 20.6. The molecule has 0 bridgehead atoms. The number of thioether (sulfide) groups is 1. The van der Waals surface area contributed by atoms with Gasteiger partial charge in [0.2, 0.25) is 0 Å². The van der Waals surface area contributed by atoms with E-state index in [4.69, 9.17) is 14.5 Å². The van der Waals surface area contributed by atoms with E-state index in [2.05, 4.69) is 16.5 Å². The van der Waals surface area contributed by atoms with Crippen LogP contribution in [0.15, 0.2) is 64.0 Å². The van der Waals surface area contributed by atoms with Crippen molar-refractivity contribution in [2.24, 2.45) is 0 Å². The highest BCUT2D eigenvalue weighted by atomic mass is 32.2. The summed E-state index contributed by atoms with van der Waals surface area (Å²) in [4.78, 5) is 25.1. The van der Waals surface area contributed by atoms with Crippen molar-refractivity contribution in [2.45, 2.75) is 17.6 Å². The molecule has 0 fully saturated rings. The molecule has 0 aliphatic heterocycles. The fourth-order valence-electron chi connectivity index (χ4n) is 2.41. The Morgan fingerprint density at radius 1 is 1.21 bits per heavy atom. The summed E-state index contributed by atoms with van der Waals surface area (Å²) in [6.07, 6.45) is 0. The third-order valence-corrected chi connectivity index (χ3v) is 4.96. The van der Waals surface area contributed by atoms with Crippen LogP contribution in [-0.4, -0.2) is 23.6 Å². The molecule has 0 aliphatic carbocycles. The second-order valence-corrected chi connectivity index (χ2v) is 7.06. The van der Waals surface area contributed by atoms with E-state index in [9.17, 15) is 9.59 Å². The van der Waals surface area contributed by atoms with Gasteiger partial charge in [0.25, 0.3) is 5.91 Å². The van der Waals surface area contributed by atoms with Gasteiger partial charge in [-0.25, -0.2) is 4.79 Å². The lowest BCUT2D eigenvalue weighted by Crippen LogP contribution is -2.21. The van der Waals surface area contributed by atoms with Gasteiger partial charge in [-0.2, -0.15) is 5.26 Å². The molecule has 29 heavy (non-hydrogen) atoms. The number of nitrogens with one attached hydrogen (secondary N) is 1. The summed E-state index contributed by atoms with van der Waals surface area (Å²) in [5.74, 6) is 0.364. The number of nitrogens with zero attached hydrogens (tertiary/aromatic N) is 2. The summed E-state index contributed by atoms with van der Waals surface area (Å²) in [5.41, 5.74) is 2.01. The third kappa shape index (κ3) is 5.70. The Morgan fingerprint density at radius 3 is 2.66 bits per heavy atom. The molecule has 146 valence electrons. The van der Waals surface area contributed by atoms with Gasteiger partial charge in [-0.05, 0) is 36.8 Å². The van der Waals surface area contributed by atoms with Crippen LogP contribution in [0.4, 0.5) is 5.82 Å². The molecule has 0 aliphatic rings. The highest BCUT2D eigenvalue weighted by molar-refractivity contribution is 7.98. The van der Waals surface area contributed by atoms with E-state index < -0.39 is 18.5 Å². The summed E-state index contributed by atoms with van der Waals surface area (Å²) in [7, 11) is 0. The van der Waals surface area contributed by atoms with Crippen LogP contribution in [0.25, 0.3) is 0 Å². The number of nitriles is 1. The first-order chi connectivity index (χ1) is 14.0. The summed E-state index contributed by atoms with van der Waals surface area (Å²) >= 11 is 1.47. The lowest BCUT2D eigenvalue weighted by Gasteiger charge is -2.09. The Morgan fingerprint density at radius 2 is 1.97 bits per heavy atom. The topological polar surface area (TPSA) is 105 Å². The monoisotopic (exact) mass is 407 g/mol. The van der Waals surface area contributed by atoms with Crippen LogP contribution in [0.3, 0.4) is 0 Å². The lowest BCUT2D eigenvalue weighted by atomic mass is 10.2. The van der Waals surface area contributed by atoms with Crippen molar-refractivity contribution in [3.63, 3.8) is 0 Å². The molecular weight excluding hydrogens is 390 g/mol. The van der Waals surface area contributed by atoms with Crippen LogP contribution in [-0.2, 0) is 15.3 Å². The summed E-state index contributed by atoms with van der Waals surface area (Å²) in [6.45, 7) is 1.27. The molecule has 0 spiro atoms. The molecule has 0 radical (unpaired) electrons. The molecule has 0 unspecified atom stereocenters. The summed E-state index contributed by atoms with van der Waals surface area (Å²) in [6, 6.07) is 18.0. The van der Waals surface area contributed by atoms with Gasteiger partial charge in [0.05, 0.1) is 17.2 Å². The smallest absolute Gasteiger partial charge is 0.339 e. The van der Waals surface area contributed by atoms with E-state index in [1.54, 1.807) is 37.3 Å². The van der Waals surface area contributed by atoms with Gasteiger partial charge in [0, 0.05) is 16.7 Å². The van der Waals surface area contributed by atoms with Crippen molar-refractivity contribution in [3.8, 4) is 6.07 Å². The zero-order valence-electron chi connectivity index (χ0n) is 15.5. The number of carbonyl (C=O) groups is 2. The highest BCUT2D eigenvalue weighted by Crippen LogP contribution is 2.27. The molecule has 1 N–H and O–H groups in total. The van der Waals surface area contributed by atoms with Crippen molar-refractivity contribution in [3.05, 3.63) is 77.0 Å². The van der Waals surface area contributed by atoms with Crippen molar-refractivity contribution >= 4 is 29.5 Å². The quantitative estimate of drug-likeness (QED) is 0.467. The van der Waals surface area contributed by atoms with Gasteiger partial charge < -0.3 is 14.6 Å². The summed E-state index contributed by atoms with van der Waals surface area (Å²) in [5, 5.41) is 15.0. The first kappa shape index (κ1) is 20.2. The molecule has 3 aromatic rings. The van der Waals surface area contributed by atoms with Crippen LogP contribution >= 0.6 is 11.8 Å². The largest absolute Gasteiger partial charge is 0.452 e. The predicted octanol–water partition coefficient (Wildman–Crippen LogP) is 3.94. The Hall–Kier alpha value is -3.57. The first-order valence-corrected chi connectivity index (χ1v) is 9.65. The van der Waals surface area contributed by atoms with Crippen molar-refractivity contribution in [1.29, 1.82) is 5.26 Å². The van der Waals surface area contributed by atoms with E-state index in [-0.39, 0.29) is 5.82 Å². The predicted molar refractivity (Wildman–Crippen MR) is 107 cm³/mol. The van der Waals surface area contributed by atoms with Crippen molar-refractivity contribution < 1.29 is 18.8 Å². The van der Waals surface area contributed by atoms with E-state index in [1.165, 1.54) is 11.8 Å². The molecule has 3 rings (SSSR count). The number of anilines is 1. The van der Waals surface area contributed by atoms with Gasteiger partial charge in [0.15, 0.2) is 12.4 Å². The Kier molecular flexibility index (Phi) is 6.66. The molecule has 7 nitrogen and oxygen atoms in total. The maximum Gasteiger partial charge on any atom is 0.339 e. The van der Waals surface area contributed by atoms with E-state index in [1.807, 2.05) is 24.3 Å². The molecular formula is C21H17N3O4S. The van der Waals surface area contributed by atoms with Crippen molar-refractivity contribution in [1.82, 2.24) is 5.16 Å². The normalized spacial score (nSPS) is 10.2. The van der Waals surface area contributed by atoms with Crippen molar-refractivity contribution in [2.75, 3.05) is 11.9 Å². The van der Waals surface area contributed by atoms with Crippen LogP contribution in [0.2, 0.25) is 0 Å². The minimum absolute atomic E-state index is 0.266. The maximum absolute atomic E-state index is 12.4. The van der Waals surface area contributed by atoms with Crippen LogP contribution in [0.5, 0.6) is 0 Å². The maximum atomic E-state index is 12.4. The Balaban J connectivity index is 1.57. The molecule has 1 amide bonds. The van der Waals surface area contributed by atoms with E-state index in [0.29, 0.717) is 22.6 Å². The first-order valence-electron chi connectivity index (χ1n) is 8.66. The second kappa shape index (κ2) is 9.57. The average Bonchev–Trinajstić information content (AvgIpc) is 3.15. The molecule has 1 heterocycles. The van der Waals surface area contributed by atoms with Gasteiger partial charge >= 0.3 is 5.97 Å². The SMILES string of the molecule is Cc1cc(NC(=O)COC(=O)c2ccccc2SCc2ccc(C#N)cc2)no1. The van der Waals surface area contributed by atoms with Gasteiger partial charge in [-0.3, -0.25) is 4.79 Å². The van der Waals surface area contributed by atoms with Crippen LogP contribution in [0.1, 0.15) is 27.2 Å². The lowest BCUT2D eigenvalue weighted by molar-refractivity contribution is -0.119. The number of amides is 1. The second-order valence-electron chi connectivity index (χ2n) is 6.04. The van der Waals surface area contributed by atoms with Crippen LogP contribution < -0.4 is 5.32 Å². The number of rotatable bonds is 7. The van der Waals surface area contributed by atoms with Gasteiger partial charge in [-0.15, -0.1) is 11.8 Å². The number of hydrogen-bond donors (Lipinski definition) is 1. The van der Waals surface area contributed by atoms with E-state index >= 15 is 0 Å². The Bertz CT molecular complexity index is 1050. The third-order valence-electron chi connectivity index (χ3n) is 3.81.